The van der Waals surface area contributed by atoms with Crippen LogP contribution in [0.2, 0.25) is 0 Å². The van der Waals surface area contributed by atoms with Crippen molar-refractivity contribution in [1.82, 2.24) is 19.4 Å². The molecule has 1 aliphatic heterocycles. The van der Waals surface area contributed by atoms with Crippen LogP contribution in [0.4, 0.5) is 5.82 Å². The molecule has 2 rings (SSSR count). The van der Waals surface area contributed by atoms with Crippen LogP contribution in [-0.4, -0.2) is 73.2 Å². The number of amides is 1. The maximum absolute atomic E-state index is 12.2. The first-order valence-corrected chi connectivity index (χ1v) is 8.02. The molecule has 0 saturated carbocycles. The number of aromatic nitrogens is 2. The van der Waals surface area contributed by atoms with Gasteiger partial charge in [-0.05, 0) is 12.1 Å². The fourth-order valence-electron chi connectivity index (χ4n) is 1.96. The lowest BCUT2D eigenvalue weighted by Gasteiger charge is -2.32. The second-order valence-corrected chi connectivity index (χ2v) is 6.49. The number of piperazine rings is 1. The molecule has 110 valence electrons. The van der Waals surface area contributed by atoms with Crippen LogP contribution >= 0.6 is 0 Å². The van der Waals surface area contributed by atoms with Crippen LogP contribution in [0.25, 0.3) is 0 Å². The third kappa shape index (κ3) is 3.23. The largest absolute Gasteiger partial charge is 0.372 e. The quantitative estimate of drug-likeness (QED) is 0.788. The van der Waals surface area contributed by atoms with E-state index in [1.54, 1.807) is 24.1 Å². The van der Waals surface area contributed by atoms with Crippen LogP contribution in [0.1, 0.15) is 10.5 Å². The third-order valence-corrected chi connectivity index (χ3v) is 4.44. The summed E-state index contributed by atoms with van der Waals surface area (Å²) >= 11 is 0. The van der Waals surface area contributed by atoms with E-state index in [1.165, 1.54) is 10.6 Å². The Balaban J connectivity index is 2.01. The van der Waals surface area contributed by atoms with E-state index in [2.05, 4.69) is 15.5 Å². The van der Waals surface area contributed by atoms with Gasteiger partial charge in [-0.2, -0.15) is 4.31 Å². The molecule has 0 atom stereocenters. The molecule has 0 radical (unpaired) electrons. The van der Waals surface area contributed by atoms with Crippen LogP contribution in [0.3, 0.4) is 0 Å². The molecule has 1 aromatic rings. The summed E-state index contributed by atoms with van der Waals surface area (Å²) < 4.78 is 24.2. The van der Waals surface area contributed by atoms with Crippen molar-refractivity contribution in [3.8, 4) is 0 Å². The summed E-state index contributed by atoms with van der Waals surface area (Å²) in [5.41, 5.74) is 0.261. The Morgan fingerprint density at radius 2 is 1.85 bits per heavy atom. The second kappa shape index (κ2) is 5.71. The van der Waals surface area contributed by atoms with Crippen molar-refractivity contribution in [3.05, 3.63) is 17.8 Å². The number of nitrogens with zero attached hydrogens (tertiary/aromatic N) is 4. The number of sulfonamides is 1. The first-order chi connectivity index (χ1) is 9.41. The Morgan fingerprint density at radius 3 is 2.30 bits per heavy atom. The van der Waals surface area contributed by atoms with Gasteiger partial charge in [0.15, 0.2) is 5.69 Å². The molecule has 2 heterocycles. The van der Waals surface area contributed by atoms with Crippen LogP contribution in [0, 0.1) is 0 Å². The highest BCUT2D eigenvalue weighted by Crippen LogP contribution is 2.10. The molecule has 0 unspecified atom stereocenters. The molecule has 0 spiro atoms. The molecule has 9 heteroatoms. The van der Waals surface area contributed by atoms with Gasteiger partial charge in [0.05, 0.1) is 6.26 Å². The Hall–Kier alpha value is -1.74. The van der Waals surface area contributed by atoms with Crippen LogP contribution in [0.5, 0.6) is 0 Å². The summed E-state index contributed by atoms with van der Waals surface area (Å²) in [4.78, 5) is 13.8. The van der Waals surface area contributed by atoms with Gasteiger partial charge in [0.1, 0.15) is 5.82 Å². The molecule has 0 aromatic carbocycles. The lowest BCUT2D eigenvalue weighted by atomic mass is 10.3. The predicted octanol–water partition coefficient (Wildman–Crippen LogP) is -0.764. The average molecular weight is 299 g/mol. The average Bonchev–Trinajstić information content (AvgIpc) is 2.46. The van der Waals surface area contributed by atoms with Crippen molar-refractivity contribution in [2.24, 2.45) is 0 Å². The van der Waals surface area contributed by atoms with E-state index in [-0.39, 0.29) is 11.6 Å². The minimum atomic E-state index is -3.19. The monoisotopic (exact) mass is 299 g/mol. The van der Waals surface area contributed by atoms with Crippen LogP contribution < -0.4 is 5.32 Å². The molecular formula is C11H17N5O3S. The highest BCUT2D eigenvalue weighted by Gasteiger charge is 2.27. The minimum absolute atomic E-state index is 0.228. The summed E-state index contributed by atoms with van der Waals surface area (Å²) in [6.07, 6.45) is 1.17. The van der Waals surface area contributed by atoms with Crippen molar-refractivity contribution in [1.29, 1.82) is 0 Å². The number of hydrogen-bond donors (Lipinski definition) is 1. The van der Waals surface area contributed by atoms with Gasteiger partial charge in [-0.1, -0.05) is 0 Å². The van der Waals surface area contributed by atoms with Crippen molar-refractivity contribution < 1.29 is 13.2 Å². The molecule has 8 nitrogen and oxygen atoms in total. The van der Waals surface area contributed by atoms with E-state index in [9.17, 15) is 13.2 Å². The molecule has 1 aliphatic rings. The van der Waals surface area contributed by atoms with E-state index in [0.717, 1.165) is 0 Å². The van der Waals surface area contributed by atoms with E-state index in [0.29, 0.717) is 32.0 Å². The maximum Gasteiger partial charge on any atom is 0.274 e. The van der Waals surface area contributed by atoms with E-state index in [1.807, 2.05) is 0 Å². The normalized spacial score (nSPS) is 17.0. The zero-order valence-corrected chi connectivity index (χ0v) is 12.2. The molecule has 1 N–H and O–H groups in total. The third-order valence-electron chi connectivity index (χ3n) is 3.13. The predicted molar refractivity (Wildman–Crippen MR) is 73.9 cm³/mol. The topological polar surface area (TPSA) is 95.5 Å². The van der Waals surface area contributed by atoms with Crippen molar-refractivity contribution in [2.45, 2.75) is 0 Å². The van der Waals surface area contributed by atoms with Crippen LogP contribution in [0.15, 0.2) is 12.1 Å². The molecule has 1 fully saturated rings. The van der Waals surface area contributed by atoms with Crippen molar-refractivity contribution in [2.75, 3.05) is 44.8 Å². The highest BCUT2D eigenvalue weighted by molar-refractivity contribution is 7.88. The second-order valence-electron chi connectivity index (χ2n) is 4.51. The fourth-order valence-corrected chi connectivity index (χ4v) is 2.79. The SMILES string of the molecule is CNc1ccc(C(=O)N2CCN(S(C)(=O)=O)CC2)nn1. The van der Waals surface area contributed by atoms with Gasteiger partial charge in [0, 0.05) is 33.2 Å². The van der Waals surface area contributed by atoms with Gasteiger partial charge in [0.25, 0.3) is 5.91 Å². The first kappa shape index (κ1) is 14.7. The van der Waals surface area contributed by atoms with Gasteiger partial charge in [-0.15, -0.1) is 10.2 Å². The molecule has 0 bridgehead atoms. The highest BCUT2D eigenvalue weighted by atomic mass is 32.2. The van der Waals surface area contributed by atoms with Crippen molar-refractivity contribution in [3.63, 3.8) is 0 Å². The molecule has 1 saturated heterocycles. The molecule has 1 amide bonds. The van der Waals surface area contributed by atoms with Crippen molar-refractivity contribution >= 4 is 21.7 Å². The Morgan fingerprint density at radius 1 is 1.20 bits per heavy atom. The Kier molecular flexibility index (Phi) is 4.19. The summed E-state index contributed by atoms with van der Waals surface area (Å²) in [7, 11) is -1.47. The smallest absolute Gasteiger partial charge is 0.274 e. The van der Waals surface area contributed by atoms with E-state index >= 15 is 0 Å². The van der Waals surface area contributed by atoms with Gasteiger partial charge < -0.3 is 10.2 Å². The Labute approximate surface area is 117 Å². The van der Waals surface area contributed by atoms with E-state index < -0.39 is 10.0 Å². The lowest BCUT2D eigenvalue weighted by Crippen LogP contribution is -2.50. The van der Waals surface area contributed by atoms with E-state index in [4.69, 9.17) is 0 Å². The summed E-state index contributed by atoms with van der Waals surface area (Å²) in [6, 6.07) is 3.27. The standard InChI is InChI=1S/C11H17N5O3S/c1-12-10-4-3-9(13-14-10)11(17)15-5-7-16(8-6-15)20(2,18)19/h3-4H,5-8H2,1-2H3,(H,12,14). The molecule has 0 aliphatic carbocycles. The first-order valence-electron chi connectivity index (χ1n) is 6.17. The number of hydrogen-bond acceptors (Lipinski definition) is 6. The fraction of sp³-hybridized carbons (Fsp3) is 0.545. The maximum atomic E-state index is 12.2. The molecule has 20 heavy (non-hydrogen) atoms. The summed E-state index contributed by atoms with van der Waals surface area (Å²) in [5, 5.41) is 10.5. The molecular weight excluding hydrogens is 282 g/mol. The summed E-state index contributed by atoms with van der Waals surface area (Å²) in [6.45, 7) is 1.35. The number of rotatable bonds is 3. The van der Waals surface area contributed by atoms with Gasteiger partial charge in [-0.3, -0.25) is 4.79 Å². The minimum Gasteiger partial charge on any atom is -0.372 e. The van der Waals surface area contributed by atoms with Gasteiger partial charge in [-0.25, -0.2) is 8.42 Å². The van der Waals surface area contributed by atoms with Gasteiger partial charge >= 0.3 is 0 Å². The van der Waals surface area contributed by atoms with Crippen LogP contribution in [-0.2, 0) is 10.0 Å². The zero-order valence-electron chi connectivity index (χ0n) is 11.4. The molecule has 1 aromatic heterocycles. The number of anilines is 1. The lowest BCUT2D eigenvalue weighted by molar-refractivity contribution is 0.0691. The Bertz CT molecular complexity index is 579. The number of nitrogens with one attached hydrogen (secondary N) is 1. The summed E-state index contributed by atoms with van der Waals surface area (Å²) in [5.74, 6) is 0.358. The number of carbonyl (C=O) groups is 1. The zero-order chi connectivity index (χ0) is 14.8. The number of carbonyl (C=O) groups excluding carboxylic acids is 1. The van der Waals surface area contributed by atoms with Gasteiger partial charge in [0.2, 0.25) is 10.0 Å².